The zero-order valence-electron chi connectivity index (χ0n) is 15.4. The molecular formula is C22H21N5. The molecule has 4 rings (SSSR count). The van der Waals surface area contributed by atoms with Gasteiger partial charge in [0.1, 0.15) is 5.69 Å². The average Bonchev–Trinajstić information content (AvgIpc) is 3.13. The summed E-state index contributed by atoms with van der Waals surface area (Å²) in [4.78, 5) is 6.34. The van der Waals surface area contributed by atoms with Gasteiger partial charge in [-0.05, 0) is 55.3 Å². The van der Waals surface area contributed by atoms with E-state index in [2.05, 4.69) is 48.4 Å². The molecule has 0 unspecified atom stereocenters. The van der Waals surface area contributed by atoms with Crippen LogP contribution in [0.1, 0.15) is 18.1 Å². The summed E-state index contributed by atoms with van der Waals surface area (Å²) in [5.74, 6) is 0. The number of tetrazole rings is 1. The Labute approximate surface area is 158 Å². The number of benzene rings is 3. The van der Waals surface area contributed by atoms with Gasteiger partial charge in [-0.1, -0.05) is 59.7 Å². The van der Waals surface area contributed by atoms with Crippen LogP contribution in [0.2, 0.25) is 0 Å². The smallest absolute Gasteiger partial charge is 0.266 e. The highest BCUT2D eigenvalue weighted by Crippen LogP contribution is 2.12. The highest BCUT2D eigenvalue weighted by atomic mass is 15.6. The first-order valence-corrected chi connectivity index (χ1v) is 9.06. The molecular weight excluding hydrogens is 334 g/mol. The first kappa shape index (κ1) is 17.0. The zero-order chi connectivity index (χ0) is 18.6. The third-order valence-corrected chi connectivity index (χ3v) is 4.39. The number of hydrogen-bond donors (Lipinski definition) is 0. The third kappa shape index (κ3) is 3.72. The molecule has 0 aliphatic carbocycles. The van der Waals surface area contributed by atoms with Gasteiger partial charge in [0.25, 0.3) is 5.62 Å². The van der Waals surface area contributed by atoms with Crippen molar-refractivity contribution < 1.29 is 4.80 Å². The molecule has 0 spiro atoms. The van der Waals surface area contributed by atoms with E-state index in [1.54, 1.807) is 9.48 Å². The lowest BCUT2D eigenvalue weighted by Crippen LogP contribution is -2.40. The van der Waals surface area contributed by atoms with E-state index in [0.717, 1.165) is 23.5 Å². The van der Waals surface area contributed by atoms with Crippen molar-refractivity contribution in [3.05, 3.63) is 95.6 Å². The number of hydrogen-bond acceptors (Lipinski definition) is 2. The van der Waals surface area contributed by atoms with E-state index in [4.69, 9.17) is 4.99 Å². The molecule has 0 saturated carbocycles. The monoisotopic (exact) mass is 355 g/mol. The molecule has 0 N–H and O–H groups in total. The number of rotatable bonds is 4. The molecule has 5 nitrogen and oxygen atoms in total. The van der Waals surface area contributed by atoms with Crippen LogP contribution in [0, 0.1) is 6.92 Å². The van der Waals surface area contributed by atoms with Gasteiger partial charge >= 0.3 is 0 Å². The van der Waals surface area contributed by atoms with E-state index in [-0.39, 0.29) is 0 Å². The van der Waals surface area contributed by atoms with Gasteiger partial charge in [-0.25, -0.2) is 0 Å². The number of nitrogens with zero attached hydrogens (tertiary/aromatic N) is 5. The Balaban J connectivity index is 1.86. The van der Waals surface area contributed by atoms with Crippen molar-refractivity contribution in [3.8, 4) is 11.4 Å². The van der Waals surface area contributed by atoms with Crippen molar-refractivity contribution in [1.82, 2.24) is 15.0 Å². The molecule has 0 radical (unpaired) electrons. The van der Waals surface area contributed by atoms with Gasteiger partial charge in [0.2, 0.25) is 0 Å². The quantitative estimate of drug-likeness (QED) is 0.528. The second-order valence-corrected chi connectivity index (χ2v) is 6.39. The minimum atomic E-state index is 0.534. The Morgan fingerprint density at radius 1 is 0.926 bits per heavy atom. The van der Waals surface area contributed by atoms with E-state index in [1.807, 2.05) is 54.6 Å². The molecule has 0 fully saturated rings. The van der Waals surface area contributed by atoms with Gasteiger partial charge in [0, 0.05) is 10.9 Å². The molecule has 0 bridgehead atoms. The Hall–Kier alpha value is -3.47. The van der Waals surface area contributed by atoms with Crippen LogP contribution in [-0.4, -0.2) is 9.90 Å². The molecule has 0 aliphatic heterocycles. The summed E-state index contributed by atoms with van der Waals surface area (Å²) in [6.45, 7) is 4.21. The summed E-state index contributed by atoms with van der Waals surface area (Å²) in [6, 6.07) is 26.2. The molecule has 27 heavy (non-hydrogen) atoms. The fraction of sp³-hybridized carbons (Fsp3) is 0.136. The van der Waals surface area contributed by atoms with Crippen LogP contribution in [0.4, 0.5) is 5.69 Å². The summed E-state index contributed by atoms with van der Waals surface area (Å²) in [6.07, 6.45) is 1.01. The van der Waals surface area contributed by atoms with E-state index < -0.39 is 0 Å². The molecule has 5 heteroatoms. The van der Waals surface area contributed by atoms with E-state index >= 15 is 0 Å². The van der Waals surface area contributed by atoms with E-state index in [1.165, 1.54) is 11.1 Å². The lowest BCUT2D eigenvalue weighted by molar-refractivity contribution is -0.723. The Morgan fingerprint density at radius 3 is 2.30 bits per heavy atom. The van der Waals surface area contributed by atoms with Crippen molar-refractivity contribution in [1.29, 1.82) is 0 Å². The number of aryl methyl sites for hydroxylation is 2. The number of para-hydroxylation sites is 1. The van der Waals surface area contributed by atoms with Crippen LogP contribution in [0.15, 0.2) is 83.9 Å². The largest absolute Gasteiger partial charge is 0.288 e. The molecule has 4 aromatic rings. The summed E-state index contributed by atoms with van der Waals surface area (Å²) in [5.41, 5.74) is 5.68. The first-order valence-electron chi connectivity index (χ1n) is 9.06. The minimum Gasteiger partial charge on any atom is -0.288 e. The van der Waals surface area contributed by atoms with Gasteiger partial charge in [0.15, 0.2) is 5.69 Å². The van der Waals surface area contributed by atoms with E-state index in [0.29, 0.717) is 5.62 Å². The maximum absolute atomic E-state index is 4.73. The van der Waals surface area contributed by atoms with Gasteiger partial charge < -0.3 is 0 Å². The summed E-state index contributed by atoms with van der Waals surface area (Å²) < 4.78 is 1.76. The van der Waals surface area contributed by atoms with Crippen molar-refractivity contribution >= 4 is 5.69 Å². The first-order chi connectivity index (χ1) is 13.2. The molecule has 134 valence electrons. The SMILES string of the molecule is CCc1ccc(N=c2[n-][n+](-c3ccccc3)nn2-c2ccc(C)cc2)cc1. The van der Waals surface area contributed by atoms with Gasteiger partial charge in [-0.3, -0.25) is 4.99 Å². The topological polar surface area (TPSA) is 48.2 Å². The molecule has 0 aliphatic rings. The third-order valence-electron chi connectivity index (χ3n) is 4.39. The Kier molecular flexibility index (Phi) is 4.66. The number of aromatic nitrogens is 4. The Morgan fingerprint density at radius 2 is 1.63 bits per heavy atom. The molecule has 3 aromatic carbocycles. The van der Waals surface area contributed by atoms with Crippen molar-refractivity contribution in [3.63, 3.8) is 0 Å². The normalized spacial score (nSPS) is 11.7. The van der Waals surface area contributed by atoms with Crippen LogP contribution in [0.5, 0.6) is 0 Å². The summed E-state index contributed by atoms with van der Waals surface area (Å²) in [5, 5.41) is 9.26. The molecule has 0 atom stereocenters. The van der Waals surface area contributed by atoms with Gasteiger partial charge in [0.05, 0.1) is 0 Å². The predicted octanol–water partition coefficient (Wildman–Crippen LogP) is 3.21. The van der Waals surface area contributed by atoms with Crippen LogP contribution in [0.25, 0.3) is 11.4 Å². The molecule has 0 saturated heterocycles. The van der Waals surface area contributed by atoms with Crippen LogP contribution in [-0.2, 0) is 6.42 Å². The Bertz CT molecular complexity index is 1090. The predicted molar refractivity (Wildman–Crippen MR) is 104 cm³/mol. The van der Waals surface area contributed by atoms with E-state index in [9.17, 15) is 0 Å². The van der Waals surface area contributed by atoms with Crippen molar-refractivity contribution in [2.75, 3.05) is 0 Å². The lowest BCUT2D eigenvalue weighted by Gasteiger charge is -1.99. The highest BCUT2D eigenvalue weighted by molar-refractivity contribution is 5.39. The van der Waals surface area contributed by atoms with Gasteiger partial charge in [-0.15, -0.1) is 9.78 Å². The van der Waals surface area contributed by atoms with Crippen molar-refractivity contribution in [2.45, 2.75) is 20.3 Å². The molecule has 0 amide bonds. The minimum absolute atomic E-state index is 0.534. The second kappa shape index (κ2) is 7.41. The van der Waals surface area contributed by atoms with Crippen LogP contribution >= 0.6 is 0 Å². The highest BCUT2D eigenvalue weighted by Gasteiger charge is 2.11. The van der Waals surface area contributed by atoms with Crippen molar-refractivity contribution in [2.24, 2.45) is 4.99 Å². The molecule has 1 heterocycles. The fourth-order valence-corrected chi connectivity index (χ4v) is 2.79. The molecule has 1 aromatic heterocycles. The maximum Gasteiger partial charge on any atom is 0.266 e. The van der Waals surface area contributed by atoms with Crippen LogP contribution in [0.3, 0.4) is 0 Å². The van der Waals surface area contributed by atoms with Gasteiger partial charge in [-0.2, -0.15) is 0 Å². The maximum atomic E-state index is 4.73. The lowest BCUT2D eigenvalue weighted by atomic mass is 10.2. The standard InChI is InChI=1S/C22H21N5/c1-3-18-11-13-19(14-12-18)23-22-24-27(21-7-5-4-6-8-21)25-26(22)20-15-9-17(2)10-16-20/h4-16H,3H2,1-2H3. The van der Waals surface area contributed by atoms with Crippen LogP contribution < -0.4 is 15.5 Å². The summed E-state index contributed by atoms with van der Waals surface area (Å²) in [7, 11) is 0. The average molecular weight is 355 g/mol. The fourth-order valence-electron chi connectivity index (χ4n) is 2.79. The zero-order valence-corrected chi connectivity index (χ0v) is 15.4. The summed E-state index contributed by atoms with van der Waals surface area (Å²) >= 11 is 0. The second-order valence-electron chi connectivity index (χ2n) is 6.39.